The molecule has 2 aromatic heterocycles. The van der Waals surface area contributed by atoms with E-state index in [0.717, 1.165) is 73.3 Å². The van der Waals surface area contributed by atoms with Gasteiger partial charge in [0.05, 0.1) is 46.7 Å². The Kier molecular flexibility index (Phi) is 19.2. The first-order chi connectivity index (χ1) is 42.5. The van der Waals surface area contributed by atoms with Gasteiger partial charge >= 0.3 is 0 Å². The molecule has 0 fully saturated rings. The second-order valence-corrected chi connectivity index (χ2v) is 34.1. The number of phenols is 1. The minimum absolute atomic E-state index is 0. The van der Waals surface area contributed by atoms with Crippen molar-refractivity contribution in [2.75, 3.05) is 13.2 Å². The zero-order chi connectivity index (χ0) is 67.4. The molecule has 0 aliphatic heterocycles. The van der Waals surface area contributed by atoms with Gasteiger partial charge in [-0.25, -0.2) is 8.78 Å². The third-order valence-electron chi connectivity index (χ3n) is 18.6. The average molecular weight is 1330 g/mol. The first-order valence-corrected chi connectivity index (χ1v) is 33.1. The fourth-order valence-electron chi connectivity index (χ4n) is 14.3. The van der Waals surface area contributed by atoms with Crippen molar-refractivity contribution in [1.29, 1.82) is 0 Å². The molecule has 0 aliphatic carbocycles. The van der Waals surface area contributed by atoms with Gasteiger partial charge in [-0.15, -0.1) is 0 Å². The van der Waals surface area contributed by atoms with Gasteiger partial charge in [0.25, 0.3) is 0 Å². The fourth-order valence-corrected chi connectivity index (χ4v) is 14.3. The van der Waals surface area contributed by atoms with E-state index in [2.05, 4.69) is 260 Å². The number of hydrogen-bond donors (Lipinski definition) is 1. The monoisotopic (exact) mass is 1330 g/mol. The van der Waals surface area contributed by atoms with Crippen LogP contribution in [0.4, 0.5) is 8.78 Å². The predicted molar refractivity (Wildman–Crippen MR) is 385 cm³/mol. The van der Waals surface area contributed by atoms with Crippen molar-refractivity contribution in [2.24, 2.45) is 10.8 Å². The minimum Gasteiger partial charge on any atom is -0.664 e. The van der Waals surface area contributed by atoms with Gasteiger partial charge < -0.3 is 28.5 Å². The Morgan fingerprint density at radius 3 is 1.03 bits per heavy atom. The van der Waals surface area contributed by atoms with Crippen molar-refractivity contribution in [2.45, 2.75) is 204 Å². The van der Waals surface area contributed by atoms with E-state index in [-0.39, 0.29) is 95.0 Å². The maximum atomic E-state index is 16.1. The molecule has 2 heterocycles. The molecule has 10 aromatic rings. The van der Waals surface area contributed by atoms with Crippen LogP contribution in [-0.4, -0.2) is 27.5 Å². The molecule has 489 valence electrons. The minimum atomic E-state index is -0.455. The molecule has 0 aliphatic rings. The summed E-state index contributed by atoms with van der Waals surface area (Å²) < 4.78 is 56.3. The predicted octanol–water partition coefficient (Wildman–Crippen LogP) is 23.8. The number of ether oxygens (including phenoxy) is 3. The number of benzene rings is 8. The smallest absolute Gasteiger partial charge is 0.147 e. The molecule has 0 saturated heterocycles. The van der Waals surface area contributed by atoms with E-state index in [9.17, 15) is 5.11 Å². The van der Waals surface area contributed by atoms with E-state index in [0.29, 0.717) is 51.6 Å². The third-order valence-corrected chi connectivity index (χ3v) is 18.6. The Balaban J connectivity index is 0.0000102. The van der Waals surface area contributed by atoms with Gasteiger partial charge in [0.2, 0.25) is 0 Å². The first kappa shape index (κ1) is 70.8. The normalized spacial score (nSPS) is 13.2. The van der Waals surface area contributed by atoms with Gasteiger partial charge in [0.15, 0.2) is 0 Å². The molecule has 6 nitrogen and oxygen atoms in total. The van der Waals surface area contributed by atoms with Crippen LogP contribution in [0.15, 0.2) is 133 Å². The zero-order valence-electron chi connectivity index (χ0n) is 59.8. The third kappa shape index (κ3) is 14.7. The Bertz CT molecular complexity index is 4310. The molecule has 9 heteroatoms. The van der Waals surface area contributed by atoms with Crippen LogP contribution in [0, 0.1) is 29.6 Å². The summed E-state index contributed by atoms with van der Waals surface area (Å²) in [5.74, 6) is 0.517. The summed E-state index contributed by atoms with van der Waals surface area (Å²) in [6.07, 6.45) is 2.12. The van der Waals surface area contributed by atoms with E-state index in [4.69, 9.17) is 14.2 Å². The van der Waals surface area contributed by atoms with Gasteiger partial charge in [0.1, 0.15) is 34.6 Å². The van der Waals surface area contributed by atoms with E-state index >= 15 is 8.78 Å². The van der Waals surface area contributed by atoms with Crippen LogP contribution in [-0.2, 0) is 65.2 Å². The Morgan fingerprint density at radius 2 is 0.699 bits per heavy atom. The molecule has 0 bridgehead atoms. The number of phenolic OH excluding ortho intramolecular Hbond substituents is 1. The van der Waals surface area contributed by atoms with Crippen LogP contribution in [0.2, 0.25) is 0 Å². The summed E-state index contributed by atoms with van der Waals surface area (Å²) in [4.78, 5) is 0. The van der Waals surface area contributed by atoms with Gasteiger partial charge in [-0.3, -0.25) is 0 Å². The summed E-state index contributed by atoms with van der Waals surface area (Å²) in [6.45, 7) is 49.9. The Labute approximate surface area is 579 Å². The molecular formula is C84H101F2N2O4Y-. The van der Waals surface area contributed by atoms with Gasteiger partial charge in [-0.2, -0.15) is 7.11 Å². The summed E-state index contributed by atoms with van der Waals surface area (Å²) in [7, 11) is 4.11. The quantitative estimate of drug-likeness (QED) is 0.0821. The van der Waals surface area contributed by atoms with Crippen LogP contribution in [0.3, 0.4) is 0 Å². The van der Waals surface area contributed by atoms with Crippen molar-refractivity contribution >= 4 is 43.6 Å². The standard InChI is InChI=1S/C84H101F2N2O4.Y/c1-77(2,3)49-83(19,20)55-43-65(75(89)71(45-55)87-67-31-25-51(79(7,8)9)39-59(67)60-40-52(80(10,11)12)26-32-68(60)87)63-47-57(85)29-35-73(63)91-37-24-38-92-74-36-30-58(86)48-64(74)66-44-56(84(21,22)50-78(4,5)6)46-72(76(66)90-23)88-69-33-27-53(81(13,14)15)41-61(69)62-42-54(82(16,17)18)28-34-70(62)88;/h25-36,39-48,89H,23-24,37-38,49-50H2,1-22H3;/q-1;. The number of fused-ring (bicyclic) bond motifs is 6. The van der Waals surface area contributed by atoms with E-state index in [1.54, 1.807) is 12.1 Å². The van der Waals surface area contributed by atoms with Crippen molar-refractivity contribution < 1.29 is 60.8 Å². The SMILES string of the molecule is [CH2-]Oc1c(-c2cc(F)ccc2OCCCOc2ccc(F)cc2-c2cc(C(C)(C)CC(C)(C)C)cc(-n3c4ccc(C(C)(C)C)cc4c4cc(C(C)(C)C)ccc43)c2O)cc(C(C)(C)CC(C)(C)C)cc1-n1c2ccc(C(C)(C)C)cc2c2cc(C(C)(C)C)ccc21.[Y]. The largest absolute Gasteiger partial charge is 0.664 e. The van der Waals surface area contributed by atoms with E-state index in [1.165, 1.54) is 46.5 Å². The molecule has 1 N–H and O–H groups in total. The second-order valence-electron chi connectivity index (χ2n) is 34.1. The Hall–Kier alpha value is -6.48. The van der Waals surface area contributed by atoms with Crippen molar-refractivity contribution in [3.05, 3.63) is 186 Å². The summed E-state index contributed by atoms with van der Waals surface area (Å²) in [5.41, 5.74) is 13.3. The number of nitrogens with zero attached hydrogens (tertiary/aromatic N) is 2. The molecule has 1 radical (unpaired) electrons. The first-order valence-electron chi connectivity index (χ1n) is 33.1. The molecule has 93 heavy (non-hydrogen) atoms. The Morgan fingerprint density at radius 1 is 0.376 bits per heavy atom. The number of rotatable bonds is 15. The van der Waals surface area contributed by atoms with Crippen molar-refractivity contribution in [3.8, 4) is 56.6 Å². The molecule has 0 unspecified atom stereocenters. The van der Waals surface area contributed by atoms with Crippen molar-refractivity contribution in [1.82, 2.24) is 9.13 Å². The van der Waals surface area contributed by atoms with Crippen LogP contribution < -0.4 is 14.2 Å². The van der Waals surface area contributed by atoms with Gasteiger partial charge in [-0.05, 0) is 199 Å². The molecule has 8 aromatic carbocycles. The van der Waals surface area contributed by atoms with Crippen LogP contribution in [0.5, 0.6) is 23.0 Å². The van der Waals surface area contributed by atoms with Gasteiger partial charge in [0, 0.05) is 82.9 Å². The number of aromatic hydroxyl groups is 1. The zero-order valence-corrected chi connectivity index (χ0v) is 62.7. The van der Waals surface area contributed by atoms with Crippen molar-refractivity contribution in [3.63, 3.8) is 0 Å². The molecule has 10 rings (SSSR count). The van der Waals surface area contributed by atoms with Crippen LogP contribution >= 0.6 is 0 Å². The molecule has 0 atom stereocenters. The fraction of sp³-hybridized carbons (Fsp3) is 0.417. The second kappa shape index (κ2) is 25.3. The topological polar surface area (TPSA) is 57.8 Å². The maximum Gasteiger partial charge on any atom is 0.147 e. The van der Waals surface area contributed by atoms with Crippen LogP contribution in [0.25, 0.3) is 77.2 Å². The number of hydrogen-bond acceptors (Lipinski definition) is 4. The van der Waals surface area contributed by atoms with Gasteiger partial charge in [-0.1, -0.05) is 177 Å². The molecule has 0 spiro atoms. The summed E-state index contributed by atoms with van der Waals surface area (Å²) in [5, 5.41) is 17.5. The molecule has 0 amide bonds. The molecular weight excluding hydrogens is 1230 g/mol. The van der Waals surface area contributed by atoms with Crippen LogP contribution in [0.1, 0.15) is 205 Å². The van der Waals surface area contributed by atoms with E-state index < -0.39 is 11.6 Å². The summed E-state index contributed by atoms with van der Waals surface area (Å²) >= 11 is 0. The van der Waals surface area contributed by atoms with E-state index in [1.807, 2.05) is 6.07 Å². The number of halogens is 2. The maximum absolute atomic E-state index is 16.1. The number of aromatic nitrogens is 2. The average Bonchev–Trinajstić information content (AvgIpc) is 1.61. The molecule has 0 saturated carbocycles. The summed E-state index contributed by atoms with van der Waals surface area (Å²) in [6, 6.07) is 44.6.